The van der Waals surface area contributed by atoms with Crippen molar-refractivity contribution in [3.8, 4) is 0 Å². The van der Waals surface area contributed by atoms with Crippen molar-refractivity contribution in [1.82, 2.24) is 30.0 Å². The molecule has 7 nitrogen and oxygen atoms in total. The summed E-state index contributed by atoms with van der Waals surface area (Å²) in [5, 5.41) is 15.2. The lowest BCUT2D eigenvalue weighted by atomic mass is 10.2. The lowest BCUT2D eigenvalue weighted by Gasteiger charge is -2.25. The van der Waals surface area contributed by atoms with Crippen molar-refractivity contribution in [2.45, 2.75) is 51.6 Å². The number of aromatic nitrogens is 4. The first kappa shape index (κ1) is 17.8. The molecule has 1 aliphatic rings. The Morgan fingerprint density at radius 2 is 2.20 bits per heavy atom. The first-order chi connectivity index (χ1) is 12.1. The smallest absolute Gasteiger partial charge is 0.194 e. The van der Waals surface area contributed by atoms with Gasteiger partial charge in [-0.05, 0) is 19.8 Å². The number of hydrogen-bond donors (Lipinski definition) is 1. The van der Waals surface area contributed by atoms with Crippen molar-refractivity contribution in [2.24, 2.45) is 12.0 Å². The summed E-state index contributed by atoms with van der Waals surface area (Å²) in [7, 11) is 4.08. The number of hydrogen-bond acceptors (Lipinski definition) is 5. The van der Waals surface area contributed by atoms with E-state index in [0.29, 0.717) is 12.6 Å². The molecule has 3 rings (SSSR count). The van der Waals surface area contributed by atoms with Gasteiger partial charge in [0, 0.05) is 44.7 Å². The summed E-state index contributed by atoms with van der Waals surface area (Å²) in [5.74, 6) is 2.74. The van der Waals surface area contributed by atoms with Crippen molar-refractivity contribution < 1.29 is 0 Å². The highest BCUT2D eigenvalue weighted by Gasteiger charge is 2.18. The highest BCUT2D eigenvalue weighted by Crippen LogP contribution is 2.18. The van der Waals surface area contributed by atoms with Gasteiger partial charge in [0.15, 0.2) is 11.8 Å². The van der Waals surface area contributed by atoms with E-state index in [1.165, 1.54) is 25.7 Å². The molecule has 0 atom stereocenters. The number of guanidine groups is 1. The van der Waals surface area contributed by atoms with Gasteiger partial charge in [-0.2, -0.15) is 0 Å². The average Bonchev–Trinajstić information content (AvgIpc) is 3.35. The van der Waals surface area contributed by atoms with Crippen LogP contribution in [0.3, 0.4) is 0 Å². The third-order valence-corrected chi connectivity index (χ3v) is 5.59. The second kappa shape index (κ2) is 8.42. The average molecular weight is 362 g/mol. The molecule has 0 unspecified atom stereocenters. The molecule has 2 aromatic rings. The maximum atomic E-state index is 4.82. The van der Waals surface area contributed by atoms with Crippen LogP contribution in [0.15, 0.2) is 16.6 Å². The Kier molecular flexibility index (Phi) is 6.01. The molecule has 0 bridgehead atoms. The van der Waals surface area contributed by atoms with Crippen molar-refractivity contribution in [2.75, 3.05) is 13.6 Å². The van der Waals surface area contributed by atoms with Crippen LogP contribution < -0.4 is 5.32 Å². The number of rotatable bonds is 6. The summed E-state index contributed by atoms with van der Waals surface area (Å²) in [5.41, 5.74) is 0. The summed E-state index contributed by atoms with van der Waals surface area (Å²) in [4.78, 5) is 11.4. The Hall–Kier alpha value is -1.96. The van der Waals surface area contributed by atoms with Crippen LogP contribution in [0.1, 0.15) is 42.3 Å². The standard InChI is InChI=1S/C17H27N7S/c1-13-21-22-15(24(13)3)12-19-17(20-14-6-4-5-7-14)23(2)10-8-16-18-9-11-25-16/h9,11,14H,4-8,10,12H2,1-3H3,(H,19,20). The topological polar surface area (TPSA) is 71.2 Å². The minimum atomic E-state index is 0.530. The van der Waals surface area contributed by atoms with E-state index in [2.05, 4.69) is 32.4 Å². The van der Waals surface area contributed by atoms with E-state index >= 15 is 0 Å². The predicted molar refractivity (Wildman–Crippen MR) is 101 cm³/mol. The zero-order valence-corrected chi connectivity index (χ0v) is 16.1. The SMILES string of the molecule is Cc1nnc(CN=C(NC2CCCC2)N(C)CCc2nccs2)n1C. The molecular formula is C17H27N7S. The Labute approximate surface area is 153 Å². The first-order valence-corrected chi connectivity index (χ1v) is 9.77. The summed E-state index contributed by atoms with van der Waals surface area (Å²) < 4.78 is 1.99. The van der Waals surface area contributed by atoms with E-state index in [9.17, 15) is 0 Å². The molecule has 0 aromatic carbocycles. The molecular weight excluding hydrogens is 334 g/mol. The van der Waals surface area contributed by atoms with E-state index in [-0.39, 0.29) is 0 Å². The van der Waals surface area contributed by atoms with Crippen LogP contribution in [0.2, 0.25) is 0 Å². The second-order valence-corrected chi connectivity index (χ2v) is 7.56. The number of thiazole rings is 1. The monoisotopic (exact) mass is 361 g/mol. The number of aryl methyl sites for hydroxylation is 1. The van der Waals surface area contributed by atoms with E-state index in [1.54, 1.807) is 11.3 Å². The zero-order valence-electron chi connectivity index (χ0n) is 15.3. The number of nitrogens with zero attached hydrogens (tertiary/aromatic N) is 6. The van der Waals surface area contributed by atoms with Gasteiger partial charge < -0.3 is 14.8 Å². The summed E-state index contributed by atoms with van der Waals surface area (Å²) >= 11 is 1.70. The van der Waals surface area contributed by atoms with Crippen LogP contribution in [-0.2, 0) is 20.0 Å². The molecule has 0 amide bonds. The minimum absolute atomic E-state index is 0.530. The van der Waals surface area contributed by atoms with Gasteiger partial charge >= 0.3 is 0 Å². The van der Waals surface area contributed by atoms with Crippen LogP contribution in [0, 0.1) is 6.92 Å². The number of aliphatic imine (C=N–C) groups is 1. The molecule has 1 fully saturated rings. The fraction of sp³-hybridized carbons (Fsp3) is 0.647. The fourth-order valence-corrected chi connectivity index (χ4v) is 3.62. The lowest BCUT2D eigenvalue weighted by Crippen LogP contribution is -2.44. The maximum Gasteiger partial charge on any atom is 0.194 e. The van der Waals surface area contributed by atoms with Gasteiger partial charge in [-0.15, -0.1) is 21.5 Å². The molecule has 0 spiro atoms. The van der Waals surface area contributed by atoms with Gasteiger partial charge in [0.25, 0.3) is 0 Å². The van der Waals surface area contributed by atoms with Gasteiger partial charge in [-0.25, -0.2) is 9.98 Å². The normalized spacial score (nSPS) is 15.7. The molecule has 1 aliphatic carbocycles. The number of likely N-dealkylation sites (N-methyl/N-ethyl adjacent to an activating group) is 1. The molecule has 2 aromatic heterocycles. The molecule has 0 saturated heterocycles. The Bertz CT molecular complexity index is 686. The first-order valence-electron chi connectivity index (χ1n) is 8.89. The molecule has 0 radical (unpaired) electrons. The van der Waals surface area contributed by atoms with Crippen molar-refractivity contribution in [1.29, 1.82) is 0 Å². The van der Waals surface area contributed by atoms with E-state index in [0.717, 1.165) is 35.6 Å². The van der Waals surface area contributed by atoms with Gasteiger partial charge in [0.2, 0.25) is 0 Å². The van der Waals surface area contributed by atoms with E-state index in [1.807, 2.05) is 30.1 Å². The van der Waals surface area contributed by atoms with Crippen molar-refractivity contribution >= 4 is 17.3 Å². The second-order valence-electron chi connectivity index (χ2n) is 6.59. The van der Waals surface area contributed by atoms with E-state index < -0.39 is 0 Å². The molecule has 1 N–H and O–H groups in total. The van der Waals surface area contributed by atoms with Crippen LogP contribution in [0.4, 0.5) is 0 Å². The van der Waals surface area contributed by atoms with Gasteiger partial charge in [0.1, 0.15) is 12.4 Å². The Morgan fingerprint density at radius 3 is 2.84 bits per heavy atom. The maximum absolute atomic E-state index is 4.82. The molecule has 8 heteroatoms. The van der Waals surface area contributed by atoms with Crippen LogP contribution in [0.25, 0.3) is 0 Å². The van der Waals surface area contributed by atoms with Crippen LogP contribution in [-0.4, -0.2) is 50.2 Å². The van der Waals surface area contributed by atoms with Gasteiger partial charge in [-0.1, -0.05) is 12.8 Å². The highest BCUT2D eigenvalue weighted by molar-refractivity contribution is 7.09. The van der Waals surface area contributed by atoms with Crippen molar-refractivity contribution in [3.63, 3.8) is 0 Å². The largest absolute Gasteiger partial charge is 0.354 e. The van der Waals surface area contributed by atoms with Crippen LogP contribution in [0.5, 0.6) is 0 Å². The molecule has 1 saturated carbocycles. The number of nitrogens with one attached hydrogen (secondary N) is 1. The molecule has 0 aliphatic heterocycles. The van der Waals surface area contributed by atoms with E-state index in [4.69, 9.17) is 4.99 Å². The predicted octanol–water partition coefficient (Wildman–Crippen LogP) is 2.14. The Balaban J connectivity index is 1.66. The van der Waals surface area contributed by atoms with Crippen LogP contribution >= 0.6 is 11.3 Å². The Morgan fingerprint density at radius 1 is 1.40 bits per heavy atom. The summed E-state index contributed by atoms with van der Waals surface area (Å²) in [6, 6.07) is 0.530. The van der Waals surface area contributed by atoms with Gasteiger partial charge in [-0.3, -0.25) is 0 Å². The fourth-order valence-electron chi connectivity index (χ4n) is 3.01. The van der Waals surface area contributed by atoms with Gasteiger partial charge in [0.05, 0.1) is 5.01 Å². The van der Waals surface area contributed by atoms with Crippen molar-refractivity contribution in [3.05, 3.63) is 28.2 Å². The third kappa shape index (κ3) is 4.78. The lowest BCUT2D eigenvalue weighted by molar-refractivity contribution is 0.463. The zero-order chi connectivity index (χ0) is 17.6. The summed E-state index contributed by atoms with van der Waals surface area (Å²) in [6.07, 6.45) is 7.85. The molecule has 2 heterocycles. The molecule has 25 heavy (non-hydrogen) atoms. The summed E-state index contributed by atoms with van der Waals surface area (Å²) in [6.45, 7) is 3.38. The highest BCUT2D eigenvalue weighted by atomic mass is 32.1. The minimum Gasteiger partial charge on any atom is -0.354 e. The third-order valence-electron chi connectivity index (χ3n) is 4.75. The quantitative estimate of drug-likeness (QED) is 0.630. The molecule has 136 valence electrons.